The first kappa shape index (κ1) is 19.4. The molecule has 1 aliphatic rings. The van der Waals surface area contributed by atoms with Crippen LogP contribution in [0, 0.1) is 12.8 Å². The molecule has 2 unspecified atom stereocenters. The predicted molar refractivity (Wildman–Crippen MR) is 103 cm³/mol. The van der Waals surface area contributed by atoms with Gasteiger partial charge in [0.2, 0.25) is 0 Å². The van der Waals surface area contributed by atoms with Gasteiger partial charge in [-0.3, -0.25) is 0 Å². The second kappa shape index (κ2) is 8.13. The zero-order valence-electron chi connectivity index (χ0n) is 14.5. The highest BCUT2D eigenvalue weighted by Crippen LogP contribution is 2.44. The average molecular weight is 400 g/mol. The van der Waals surface area contributed by atoms with Crippen LogP contribution >= 0.6 is 23.5 Å². The Morgan fingerprint density at radius 1 is 0.962 bits per heavy atom. The fraction of sp³-hybridized carbons (Fsp3) is 0.400. The number of nitrogens with zero attached hydrogens (tertiary/aromatic N) is 1. The molecule has 0 aromatic heterocycles. The normalized spacial score (nSPS) is 20.8. The van der Waals surface area contributed by atoms with Crippen molar-refractivity contribution in [1.82, 2.24) is 0 Å². The fourth-order valence-electron chi connectivity index (χ4n) is 3.39. The van der Waals surface area contributed by atoms with E-state index in [-0.39, 0.29) is 6.42 Å². The van der Waals surface area contributed by atoms with Crippen molar-refractivity contribution in [1.29, 1.82) is 0 Å². The largest absolute Gasteiger partial charge is 0.393 e. The summed E-state index contributed by atoms with van der Waals surface area (Å²) in [5.74, 6) is -1.31. The maximum Gasteiger partial charge on any atom is 0.393 e. The summed E-state index contributed by atoms with van der Waals surface area (Å²) < 4.78 is 42.9. The molecule has 0 saturated heterocycles. The van der Waals surface area contributed by atoms with Gasteiger partial charge in [-0.15, -0.1) is 0 Å². The molecule has 2 atom stereocenters. The van der Waals surface area contributed by atoms with Gasteiger partial charge in [-0.05, 0) is 68.1 Å². The van der Waals surface area contributed by atoms with Crippen LogP contribution in [-0.4, -0.2) is 12.2 Å². The minimum Gasteiger partial charge on any atom is -0.308 e. The Bertz CT molecular complexity index is 715. The third-order valence-electron chi connectivity index (χ3n) is 4.76. The van der Waals surface area contributed by atoms with Crippen molar-refractivity contribution in [2.45, 2.75) is 49.7 Å². The summed E-state index contributed by atoms with van der Waals surface area (Å²) >= 11 is 7.30. The summed E-state index contributed by atoms with van der Waals surface area (Å²) in [5, 5.41) is 0.613. The van der Waals surface area contributed by atoms with Crippen molar-refractivity contribution < 1.29 is 13.2 Å². The van der Waals surface area contributed by atoms with Gasteiger partial charge in [0, 0.05) is 15.6 Å². The number of anilines is 1. The van der Waals surface area contributed by atoms with Crippen LogP contribution in [0.15, 0.2) is 53.4 Å². The molecule has 0 radical (unpaired) electrons. The van der Waals surface area contributed by atoms with Crippen molar-refractivity contribution >= 4 is 29.2 Å². The van der Waals surface area contributed by atoms with Gasteiger partial charge in [0.1, 0.15) is 0 Å². The molecule has 0 aliphatic heterocycles. The number of aryl methyl sites for hydroxylation is 1. The van der Waals surface area contributed by atoms with Gasteiger partial charge in [0.05, 0.1) is 12.0 Å². The molecule has 1 saturated carbocycles. The number of benzene rings is 2. The smallest absolute Gasteiger partial charge is 0.308 e. The lowest BCUT2D eigenvalue weighted by Gasteiger charge is -2.41. The third kappa shape index (κ3) is 4.68. The summed E-state index contributed by atoms with van der Waals surface area (Å²) in [6.07, 6.45) is -2.00. The molecule has 1 aliphatic carbocycles. The van der Waals surface area contributed by atoms with E-state index < -0.39 is 18.1 Å². The topological polar surface area (TPSA) is 3.24 Å². The van der Waals surface area contributed by atoms with Gasteiger partial charge in [-0.1, -0.05) is 42.1 Å². The standard InChI is InChI=1S/C20H21ClF3NS/c1-14-6-10-16(11-7-14)25(26-17-12-8-15(21)9-13-17)19-5-3-2-4-18(19)20(22,23)24/h6-13,18-19H,2-5H2,1H3. The highest BCUT2D eigenvalue weighted by Gasteiger charge is 2.48. The summed E-state index contributed by atoms with van der Waals surface area (Å²) in [5.41, 5.74) is 1.89. The van der Waals surface area contributed by atoms with Crippen LogP contribution in [0.5, 0.6) is 0 Å². The second-order valence-electron chi connectivity index (χ2n) is 6.71. The van der Waals surface area contributed by atoms with Crippen LogP contribution < -0.4 is 4.31 Å². The Labute approximate surface area is 161 Å². The van der Waals surface area contributed by atoms with Crippen LogP contribution in [0.25, 0.3) is 0 Å². The maximum atomic E-state index is 13.7. The molecule has 6 heteroatoms. The Hall–Kier alpha value is -1.33. The first-order valence-corrected chi connectivity index (χ1v) is 9.86. The van der Waals surface area contributed by atoms with E-state index in [1.54, 1.807) is 12.1 Å². The van der Waals surface area contributed by atoms with Gasteiger partial charge in [-0.25, -0.2) is 0 Å². The first-order valence-electron chi connectivity index (χ1n) is 8.71. The average Bonchev–Trinajstić information content (AvgIpc) is 2.61. The van der Waals surface area contributed by atoms with E-state index in [9.17, 15) is 13.2 Å². The fourth-order valence-corrected chi connectivity index (χ4v) is 4.61. The minimum atomic E-state index is -4.19. The molecular formula is C20H21ClF3NS. The monoisotopic (exact) mass is 399 g/mol. The van der Waals surface area contributed by atoms with E-state index in [1.165, 1.54) is 11.9 Å². The molecule has 0 heterocycles. The van der Waals surface area contributed by atoms with Crippen LogP contribution in [0.2, 0.25) is 5.02 Å². The Balaban J connectivity index is 1.95. The van der Waals surface area contributed by atoms with E-state index >= 15 is 0 Å². The van der Waals surface area contributed by atoms with E-state index in [2.05, 4.69) is 0 Å². The minimum absolute atomic E-state index is 0.192. The molecular weight excluding hydrogens is 379 g/mol. The second-order valence-corrected chi connectivity index (χ2v) is 8.19. The van der Waals surface area contributed by atoms with Crippen LogP contribution in [0.4, 0.5) is 18.9 Å². The lowest BCUT2D eigenvalue weighted by atomic mass is 9.84. The van der Waals surface area contributed by atoms with E-state index in [0.29, 0.717) is 17.9 Å². The molecule has 2 aromatic carbocycles. The zero-order chi connectivity index (χ0) is 18.7. The number of alkyl halides is 3. The zero-order valence-corrected chi connectivity index (χ0v) is 16.0. The van der Waals surface area contributed by atoms with Crippen LogP contribution in [-0.2, 0) is 0 Å². The third-order valence-corrected chi connectivity index (χ3v) is 6.17. The molecule has 26 heavy (non-hydrogen) atoms. The number of rotatable bonds is 4. The van der Waals surface area contributed by atoms with Crippen molar-refractivity contribution in [2.24, 2.45) is 5.92 Å². The summed E-state index contributed by atoms with van der Waals surface area (Å²) in [7, 11) is 0. The van der Waals surface area contributed by atoms with Crippen molar-refractivity contribution in [3.05, 3.63) is 59.1 Å². The highest BCUT2D eigenvalue weighted by atomic mass is 35.5. The van der Waals surface area contributed by atoms with E-state index in [0.717, 1.165) is 22.6 Å². The summed E-state index contributed by atoms with van der Waals surface area (Å²) in [6, 6.07) is 14.3. The molecule has 140 valence electrons. The van der Waals surface area contributed by atoms with Crippen molar-refractivity contribution in [2.75, 3.05) is 4.31 Å². The Morgan fingerprint density at radius 3 is 2.19 bits per heavy atom. The lowest BCUT2D eigenvalue weighted by molar-refractivity contribution is -0.185. The van der Waals surface area contributed by atoms with Crippen LogP contribution in [0.1, 0.15) is 31.2 Å². The predicted octanol–water partition coefficient (Wildman–Crippen LogP) is 7.28. The molecule has 0 N–H and O–H groups in total. The summed E-state index contributed by atoms with van der Waals surface area (Å²) in [6.45, 7) is 1.97. The molecule has 0 amide bonds. The molecule has 0 spiro atoms. The maximum absolute atomic E-state index is 13.7. The van der Waals surface area contributed by atoms with E-state index in [1.807, 2.05) is 47.6 Å². The molecule has 2 aromatic rings. The number of hydrogen-bond acceptors (Lipinski definition) is 2. The van der Waals surface area contributed by atoms with Crippen LogP contribution in [0.3, 0.4) is 0 Å². The molecule has 3 rings (SSSR count). The SMILES string of the molecule is Cc1ccc(N(Sc2ccc(Cl)cc2)C2CCCCC2C(F)(F)F)cc1. The van der Waals surface area contributed by atoms with E-state index in [4.69, 9.17) is 11.6 Å². The van der Waals surface area contributed by atoms with Gasteiger partial charge in [0.25, 0.3) is 0 Å². The Morgan fingerprint density at radius 2 is 1.58 bits per heavy atom. The highest BCUT2D eigenvalue weighted by molar-refractivity contribution is 8.00. The van der Waals surface area contributed by atoms with Gasteiger partial charge < -0.3 is 4.31 Å². The molecule has 1 fully saturated rings. The van der Waals surface area contributed by atoms with Gasteiger partial charge >= 0.3 is 6.18 Å². The number of hydrogen-bond donors (Lipinski definition) is 0. The lowest BCUT2D eigenvalue weighted by Crippen LogP contribution is -2.45. The molecule has 0 bridgehead atoms. The van der Waals surface area contributed by atoms with Gasteiger partial charge in [-0.2, -0.15) is 13.2 Å². The number of halogens is 4. The Kier molecular flexibility index (Phi) is 6.08. The molecule has 1 nitrogen and oxygen atoms in total. The first-order chi connectivity index (χ1) is 12.3. The van der Waals surface area contributed by atoms with Gasteiger partial charge in [0.15, 0.2) is 0 Å². The quantitative estimate of drug-likeness (QED) is 0.497. The summed E-state index contributed by atoms with van der Waals surface area (Å²) in [4.78, 5) is 0.876. The van der Waals surface area contributed by atoms with Crippen molar-refractivity contribution in [3.63, 3.8) is 0 Å². The van der Waals surface area contributed by atoms with Crippen molar-refractivity contribution in [3.8, 4) is 0 Å².